The number of benzene rings is 3. The SMILES string of the molecule is CN(C)S(=O)(=O)N(CC(=O)N(Cc1ccccc1)[C@H](Cc1ccccc1)C(=O)NC(C)(C)C)c1ccccc1. The van der Waals surface area contributed by atoms with Crippen molar-refractivity contribution in [2.45, 2.75) is 45.3 Å². The van der Waals surface area contributed by atoms with Gasteiger partial charge in [0.2, 0.25) is 11.8 Å². The van der Waals surface area contributed by atoms with Crippen molar-refractivity contribution in [3.63, 3.8) is 0 Å². The van der Waals surface area contributed by atoms with E-state index in [9.17, 15) is 18.0 Å². The molecule has 0 radical (unpaired) electrons. The van der Waals surface area contributed by atoms with Crippen molar-refractivity contribution in [3.05, 3.63) is 102 Å². The first-order valence-electron chi connectivity index (χ1n) is 12.8. The molecule has 0 aliphatic carbocycles. The molecule has 0 aliphatic heterocycles. The summed E-state index contributed by atoms with van der Waals surface area (Å²) in [5.74, 6) is -0.796. The van der Waals surface area contributed by atoms with Crippen LogP contribution < -0.4 is 9.62 Å². The first-order valence-corrected chi connectivity index (χ1v) is 14.2. The number of hydrogen-bond donors (Lipinski definition) is 1. The second-order valence-corrected chi connectivity index (χ2v) is 12.7. The number of carbonyl (C=O) groups is 2. The molecule has 0 saturated carbocycles. The Bertz CT molecular complexity index is 1330. The molecule has 208 valence electrons. The van der Waals surface area contributed by atoms with Crippen LogP contribution in [0.5, 0.6) is 0 Å². The summed E-state index contributed by atoms with van der Waals surface area (Å²) in [6.45, 7) is 5.32. The van der Waals surface area contributed by atoms with Gasteiger partial charge < -0.3 is 10.2 Å². The van der Waals surface area contributed by atoms with E-state index in [2.05, 4.69) is 5.32 Å². The molecule has 0 spiro atoms. The molecule has 0 aliphatic rings. The lowest BCUT2D eigenvalue weighted by Gasteiger charge is -2.35. The van der Waals surface area contributed by atoms with Gasteiger partial charge in [0, 0.05) is 32.6 Å². The van der Waals surface area contributed by atoms with E-state index in [1.54, 1.807) is 30.3 Å². The molecule has 39 heavy (non-hydrogen) atoms. The summed E-state index contributed by atoms with van der Waals surface area (Å²) in [5, 5.41) is 3.02. The monoisotopic (exact) mass is 550 g/mol. The minimum absolute atomic E-state index is 0.138. The van der Waals surface area contributed by atoms with Crippen LogP contribution >= 0.6 is 0 Å². The van der Waals surface area contributed by atoms with Crippen molar-refractivity contribution in [2.75, 3.05) is 24.9 Å². The van der Waals surface area contributed by atoms with Gasteiger partial charge in [0.25, 0.3) is 0 Å². The van der Waals surface area contributed by atoms with E-state index in [0.717, 1.165) is 19.7 Å². The smallest absolute Gasteiger partial charge is 0.304 e. The Morgan fingerprint density at radius 2 is 1.28 bits per heavy atom. The zero-order valence-electron chi connectivity index (χ0n) is 23.2. The van der Waals surface area contributed by atoms with Crippen molar-refractivity contribution in [2.24, 2.45) is 0 Å². The maximum atomic E-state index is 14.1. The van der Waals surface area contributed by atoms with Gasteiger partial charge in [-0.2, -0.15) is 12.7 Å². The van der Waals surface area contributed by atoms with Gasteiger partial charge in [0.05, 0.1) is 5.69 Å². The first-order chi connectivity index (χ1) is 18.4. The fourth-order valence-electron chi connectivity index (χ4n) is 4.10. The molecule has 3 aromatic rings. The Labute approximate surface area is 232 Å². The summed E-state index contributed by atoms with van der Waals surface area (Å²) in [5.41, 5.74) is 1.54. The lowest BCUT2D eigenvalue weighted by Crippen LogP contribution is -2.56. The Morgan fingerprint density at radius 3 is 1.77 bits per heavy atom. The second-order valence-electron chi connectivity index (χ2n) is 10.6. The molecule has 8 nitrogen and oxygen atoms in total. The summed E-state index contributed by atoms with van der Waals surface area (Å²) in [7, 11) is -1.16. The van der Waals surface area contributed by atoms with Crippen LogP contribution in [-0.2, 0) is 32.8 Å². The highest BCUT2D eigenvalue weighted by molar-refractivity contribution is 7.90. The number of para-hydroxylation sites is 1. The third kappa shape index (κ3) is 8.40. The van der Waals surface area contributed by atoms with Gasteiger partial charge in [0.15, 0.2) is 0 Å². The van der Waals surface area contributed by atoms with E-state index in [4.69, 9.17) is 0 Å². The Hall–Kier alpha value is -3.69. The molecule has 1 N–H and O–H groups in total. The lowest BCUT2D eigenvalue weighted by atomic mass is 10.0. The fraction of sp³-hybridized carbons (Fsp3) is 0.333. The number of rotatable bonds is 11. The molecule has 0 heterocycles. The summed E-state index contributed by atoms with van der Waals surface area (Å²) < 4.78 is 28.8. The Balaban J connectivity index is 2.07. The van der Waals surface area contributed by atoms with Gasteiger partial charge in [-0.1, -0.05) is 78.9 Å². The quantitative estimate of drug-likeness (QED) is 0.393. The molecular formula is C30H38N4O4S. The minimum atomic E-state index is -4.01. The van der Waals surface area contributed by atoms with Gasteiger partial charge in [-0.15, -0.1) is 0 Å². The lowest BCUT2D eigenvalue weighted by molar-refractivity contribution is -0.140. The molecule has 3 rings (SSSR count). The van der Waals surface area contributed by atoms with Crippen LogP contribution in [0.4, 0.5) is 5.69 Å². The van der Waals surface area contributed by atoms with Gasteiger partial charge in [0.1, 0.15) is 12.6 Å². The van der Waals surface area contributed by atoms with Crippen LogP contribution in [-0.4, -0.2) is 61.7 Å². The second kappa shape index (κ2) is 12.9. The number of amides is 2. The molecule has 0 bridgehead atoms. The van der Waals surface area contributed by atoms with Crippen molar-refractivity contribution < 1.29 is 18.0 Å². The molecule has 2 amide bonds. The maximum Gasteiger partial charge on any atom is 0.304 e. The van der Waals surface area contributed by atoms with E-state index in [1.807, 2.05) is 81.4 Å². The van der Waals surface area contributed by atoms with E-state index in [1.165, 1.54) is 19.0 Å². The van der Waals surface area contributed by atoms with Crippen molar-refractivity contribution in [1.29, 1.82) is 0 Å². The molecule has 3 aromatic carbocycles. The third-order valence-corrected chi connectivity index (χ3v) is 7.85. The van der Waals surface area contributed by atoms with Crippen LogP contribution in [0.1, 0.15) is 31.9 Å². The summed E-state index contributed by atoms with van der Waals surface area (Å²) in [6.07, 6.45) is 0.271. The van der Waals surface area contributed by atoms with Crippen LogP contribution in [0, 0.1) is 0 Å². The van der Waals surface area contributed by atoms with Gasteiger partial charge in [-0.3, -0.25) is 9.59 Å². The summed E-state index contributed by atoms with van der Waals surface area (Å²) >= 11 is 0. The van der Waals surface area contributed by atoms with Crippen LogP contribution in [0.2, 0.25) is 0 Å². The van der Waals surface area contributed by atoms with E-state index in [-0.39, 0.29) is 18.9 Å². The van der Waals surface area contributed by atoms with Crippen LogP contribution in [0.3, 0.4) is 0 Å². The first kappa shape index (κ1) is 29.9. The fourth-order valence-corrected chi connectivity index (χ4v) is 5.15. The molecule has 0 saturated heterocycles. The topological polar surface area (TPSA) is 90.0 Å². The average Bonchev–Trinajstić information content (AvgIpc) is 2.89. The van der Waals surface area contributed by atoms with Crippen LogP contribution in [0.15, 0.2) is 91.0 Å². The molecule has 0 aromatic heterocycles. The Kier molecular flexibility index (Phi) is 9.88. The van der Waals surface area contributed by atoms with Gasteiger partial charge >= 0.3 is 10.2 Å². The molecule has 1 atom stereocenters. The number of carbonyl (C=O) groups excluding carboxylic acids is 2. The maximum absolute atomic E-state index is 14.1. The number of nitrogens with zero attached hydrogens (tertiary/aromatic N) is 3. The molecule has 0 fully saturated rings. The van der Waals surface area contributed by atoms with Gasteiger partial charge in [-0.05, 0) is 44.0 Å². The summed E-state index contributed by atoms with van der Waals surface area (Å²) in [4.78, 5) is 29.3. The number of nitrogens with one attached hydrogen (secondary N) is 1. The summed E-state index contributed by atoms with van der Waals surface area (Å²) in [6, 6.07) is 26.5. The molecule has 9 heteroatoms. The van der Waals surface area contributed by atoms with Crippen LogP contribution in [0.25, 0.3) is 0 Å². The standard InChI is InChI=1S/C30H38N4O4S/c1-30(2,3)31-29(36)27(21-24-15-9-6-10-16-24)33(22-25-17-11-7-12-18-25)28(35)23-34(39(37,38)32(4)5)26-19-13-8-14-20-26/h6-20,27H,21-23H2,1-5H3,(H,31,36)/t27-/m1/s1. The van der Waals surface area contributed by atoms with Gasteiger partial charge in [-0.25, -0.2) is 4.31 Å². The predicted octanol–water partition coefficient (Wildman–Crippen LogP) is 3.85. The molecular weight excluding hydrogens is 512 g/mol. The van der Waals surface area contributed by atoms with E-state index < -0.39 is 34.2 Å². The highest BCUT2D eigenvalue weighted by atomic mass is 32.2. The van der Waals surface area contributed by atoms with E-state index in [0.29, 0.717) is 5.69 Å². The highest BCUT2D eigenvalue weighted by Crippen LogP contribution is 2.22. The molecule has 0 unspecified atom stereocenters. The zero-order chi connectivity index (χ0) is 28.6. The highest BCUT2D eigenvalue weighted by Gasteiger charge is 2.35. The van der Waals surface area contributed by atoms with Crippen molar-refractivity contribution >= 4 is 27.7 Å². The number of hydrogen-bond acceptors (Lipinski definition) is 4. The Morgan fingerprint density at radius 1 is 0.795 bits per heavy atom. The van der Waals surface area contributed by atoms with Crippen molar-refractivity contribution in [3.8, 4) is 0 Å². The third-order valence-electron chi connectivity index (χ3n) is 6.03. The number of anilines is 1. The normalized spacial score (nSPS) is 12.6. The predicted molar refractivity (Wildman–Crippen MR) is 155 cm³/mol. The zero-order valence-corrected chi connectivity index (χ0v) is 24.1. The van der Waals surface area contributed by atoms with Crippen molar-refractivity contribution in [1.82, 2.24) is 14.5 Å². The van der Waals surface area contributed by atoms with E-state index >= 15 is 0 Å². The average molecular weight is 551 g/mol. The largest absolute Gasteiger partial charge is 0.350 e. The minimum Gasteiger partial charge on any atom is -0.350 e.